The maximum absolute atomic E-state index is 12.6. The number of para-hydroxylation sites is 1. The predicted molar refractivity (Wildman–Crippen MR) is 124 cm³/mol. The van der Waals surface area contributed by atoms with E-state index >= 15 is 0 Å². The third-order valence-electron chi connectivity index (χ3n) is 4.70. The van der Waals surface area contributed by atoms with Crippen LogP contribution in [0, 0.1) is 6.92 Å². The van der Waals surface area contributed by atoms with Gasteiger partial charge in [-0.25, -0.2) is 9.59 Å². The summed E-state index contributed by atoms with van der Waals surface area (Å²) in [7, 11) is 0. The van der Waals surface area contributed by atoms with Gasteiger partial charge >= 0.3 is 11.9 Å². The van der Waals surface area contributed by atoms with Crippen LogP contribution in [0.1, 0.15) is 33.6 Å². The molecule has 0 aliphatic heterocycles. The summed E-state index contributed by atoms with van der Waals surface area (Å²) in [5.74, 6) is -1.50. The molecule has 174 valence electrons. The van der Waals surface area contributed by atoms with Gasteiger partial charge in [-0.05, 0) is 38.1 Å². The number of hydrogen-bond donors (Lipinski definition) is 1. The Labute approximate surface area is 196 Å². The van der Waals surface area contributed by atoms with Gasteiger partial charge in [0.25, 0.3) is 5.91 Å². The molecule has 0 bridgehead atoms. The first kappa shape index (κ1) is 23.0. The Bertz CT molecular complexity index is 1440. The zero-order valence-corrected chi connectivity index (χ0v) is 19.0. The molecule has 4 rings (SSSR count). The molecule has 10 heteroatoms. The van der Waals surface area contributed by atoms with E-state index in [9.17, 15) is 19.2 Å². The Hall–Kier alpha value is -4.18. The standard InChI is InChI=1S/C24H19NO8S/c1-3-30-24(29)21-15(18-9-8-13(2)32-18)12-34-22(21)25-20(27)11-31-23(28)19-10-16(26)14-6-4-5-7-17(14)33-19/h4-10,12H,3,11H2,1-2H3,(H,25,27). The second-order valence-electron chi connectivity index (χ2n) is 7.08. The fourth-order valence-electron chi connectivity index (χ4n) is 3.19. The molecule has 4 aromatic rings. The summed E-state index contributed by atoms with van der Waals surface area (Å²) in [5, 5.41) is 4.77. The van der Waals surface area contributed by atoms with E-state index in [1.54, 1.807) is 55.6 Å². The third-order valence-corrected chi connectivity index (χ3v) is 5.59. The molecule has 0 unspecified atom stereocenters. The van der Waals surface area contributed by atoms with E-state index in [1.807, 2.05) is 0 Å². The van der Waals surface area contributed by atoms with Crippen LogP contribution < -0.4 is 10.7 Å². The number of carbonyl (C=O) groups excluding carboxylic acids is 3. The number of nitrogens with one attached hydrogen (secondary N) is 1. The van der Waals surface area contributed by atoms with Crippen LogP contribution in [0.25, 0.3) is 22.3 Å². The van der Waals surface area contributed by atoms with Crippen molar-refractivity contribution >= 4 is 45.2 Å². The Kier molecular flexibility index (Phi) is 6.60. The van der Waals surface area contributed by atoms with Crippen LogP contribution in [0.3, 0.4) is 0 Å². The highest BCUT2D eigenvalue weighted by Gasteiger charge is 2.25. The fraction of sp³-hybridized carbons (Fsp3) is 0.167. The lowest BCUT2D eigenvalue weighted by atomic mass is 10.1. The van der Waals surface area contributed by atoms with Gasteiger partial charge in [0.2, 0.25) is 5.76 Å². The number of hydrogen-bond acceptors (Lipinski definition) is 9. The van der Waals surface area contributed by atoms with Gasteiger partial charge in [0.15, 0.2) is 12.0 Å². The molecule has 0 fully saturated rings. The molecule has 1 aromatic carbocycles. The summed E-state index contributed by atoms with van der Waals surface area (Å²) in [6.07, 6.45) is 0. The number of furan rings is 1. The Morgan fingerprint density at radius 3 is 2.56 bits per heavy atom. The topological polar surface area (TPSA) is 125 Å². The fourth-order valence-corrected chi connectivity index (χ4v) is 4.14. The number of thiophene rings is 1. The van der Waals surface area contributed by atoms with E-state index in [1.165, 1.54) is 0 Å². The van der Waals surface area contributed by atoms with Crippen molar-refractivity contribution in [3.05, 3.63) is 75.2 Å². The summed E-state index contributed by atoms with van der Waals surface area (Å²) in [6, 6.07) is 10.9. The quantitative estimate of drug-likeness (QED) is 0.385. The molecule has 0 radical (unpaired) electrons. The maximum atomic E-state index is 12.6. The van der Waals surface area contributed by atoms with E-state index in [4.69, 9.17) is 18.3 Å². The SMILES string of the molecule is CCOC(=O)c1c(-c2ccc(C)o2)csc1NC(=O)COC(=O)c1cc(=O)c2ccccc2o1. The molecule has 0 aliphatic carbocycles. The lowest BCUT2D eigenvalue weighted by Gasteiger charge is -2.08. The van der Waals surface area contributed by atoms with Gasteiger partial charge in [-0.1, -0.05) is 12.1 Å². The lowest BCUT2D eigenvalue weighted by Crippen LogP contribution is -2.22. The van der Waals surface area contributed by atoms with Crippen molar-refractivity contribution in [1.82, 2.24) is 0 Å². The summed E-state index contributed by atoms with van der Waals surface area (Å²) in [5.41, 5.74) is 0.435. The molecule has 0 atom stereocenters. The van der Waals surface area contributed by atoms with Crippen LogP contribution in [-0.4, -0.2) is 31.1 Å². The van der Waals surface area contributed by atoms with Crippen LogP contribution >= 0.6 is 11.3 Å². The van der Waals surface area contributed by atoms with E-state index in [0.717, 1.165) is 17.4 Å². The van der Waals surface area contributed by atoms with E-state index in [-0.39, 0.29) is 28.5 Å². The van der Waals surface area contributed by atoms with Gasteiger partial charge in [0.05, 0.1) is 12.0 Å². The third kappa shape index (κ3) is 4.76. The van der Waals surface area contributed by atoms with E-state index in [0.29, 0.717) is 22.5 Å². The van der Waals surface area contributed by atoms with Crippen molar-refractivity contribution in [2.75, 3.05) is 18.5 Å². The Morgan fingerprint density at radius 2 is 1.82 bits per heavy atom. The number of ether oxygens (including phenoxy) is 2. The molecule has 0 spiro atoms. The molecule has 1 N–H and O–H groups in total. The minimum absolute atomic E-state index is 0.140. The zero-order valence-electron chi connectivity index (χ0n) is 18.2. The van der Waals surface area contributed by atoms with Gasteiger partial charge in [-0.2, -0.15) is 0 Å². The van der Waals surface area contributed by atoms with Crippen molar-refractivity contribution < 1.29 is 32.7 Å². The second-order valence-corrected chi connectivity index (χ2v) is 7.96. The molecule has 9 nitrogen and oxygen atoms in total. The summed E-state index contributed by atoms with van der Waals surface area (Å²) >= 11 is 1.10. The average molecular weight is 481 g/mol. The minimum Gasteiger partial charge on any atom is -0.462 e. The number of esters is 2. The van der Waals surface area contributed by atoms with Crippen LogP contribution in [0.2, 0.25) is 0 Å². The van der Waals surface area contributed by atoms with Crippen molar-refractivity contribution in [2.45, 2.75) is 13.8 Å². The van der Waals surface area contributed by atoms with Gasteiger partial charge in [-0.3, -0.25) is 9.59 Å². The monoisotopic (exact) mass is 481 g/mol. The van der Waals surface area contributed by atoms with E-state index < -0.39 is 29.9 Å². The number of amides is 1. The predicted octanol–water partition coefficient (Wildman–Crippen LogP) is 4.40. The van der Waals surface area contributed by atoms with Gasteiger partial charge in [0, 0.05) is 17.0 Å². The smallest absolute Gasteiger partial charge is 0.374 e. The number of anilines is 1. The zero-order chi connectivity index (χ0) is 24.2. The number of carbonyl (C=O) groups is 3. The first-order chi connectivity index (χ1) is 16.4. The van der Waals surface area contributed by atoms with Gasteiger partial charge in [-0.15, -0.1) is 11.3 Å². The molecule has 3 aromatic heterocycles. The highest BCUT2D eigenvalue weighted by molar-refractivity contribution is 7.15. The van der Waals surface area contributed by atoms with Crippen molar-refractivity contribution in [2.24, 2.45) is 0 Å². The molecule has 34 heavy (non-hydrogen) atoms. The van der Waals surface area contributed by atoms with E-state index in [2.05, 4.69) is 5.32 Å². The van der Waals surface area contributed by atoms with Gasteiger partial charge < -0.3 is 23.6 Å². The second kappa shape index (κ2) is 9.75. The highest BCUT2D eigenvalue weighted by atomic mass is 32.1. The summed E-state index contributed by atoms with van der Waals surface area (Å²) in [6.45, 7) is 2.93. The molecular weight excluding hydrogens is 462 g/mol. The van der Waals surface area contributed by atoms with Gasteiger partial charge in [0.1, 0.15) is 27.7 Å². The summed E-state index contributed by atoms with van der Waals surface area (Å²) < 4.78 is 21.1. The molecule has 3 heterocycles. The average Bonchev–Trinajstić information content (AvgIpc) is 3.43. The minimum atomic E-state index is -0.971. The molecule has 0 saturated heterocycles. The van der Waals surface area contributed by atoms with Crippen LogP contribution in [0.15, 0.2) is 61.5 Å². The number of fused-ring (bicyclic) bond motifs is 1. The largest absolute Gasteiger partial charge is 0.462 e. The Morgan fingerprint density at radius 1 is 1.03 bits per heavy atom. The number of benzene rings is 1. The number of rotatable bonds is 7. The maximum Gasteiger partial charge on any atom is 0.374 e. The lowest BCUT2D eigenvalue weighted by molar-refractivity contribution is -0.119. The highest BCUT2D eigenvalue weighted by Crippen LogP contribution is 2.37. The Balaban J connectivity index is 1.49. The molecule has 0 saturated carbocycles. The molecular formula is C24H19NO8S. The van der Waals surface area contributed by atoms with Crippen molar-refractivity contribution in [1.29, 1.82) is 0 Å². The summed E-state index contributed by atoms with van der Waals surface area (Å²) in [4.78, 5) is 49.5. The van der Waals surface area contributed by atoms with Crippen LogP contribution in [0.5, 0.6) is 0 Å². The van der Waals surface area contributed by atoms with Crippen LogP contribution in [0.4, 0.5) is 5.00 Å². The van der Waals surface area contributed by atoms with Crippen molar-refractivity contribution in [3.63, 3.8) is 0 Å². The number of aryl methyl sites for hydroxylation is 1. The first-order valence-corrected chi connectivity index (χ1v) is 11.1. The molecule has 0 aliphatic rings. The van der Waals surface area contributed by atoms with Crippen molar-refractivity contribution in [3.8, 4) is 11.3 Å². The molecule has 1 amide bonds. The normalized spacial score (nSPS) is 10.8. The first-order valence-electron chi connectivity index (χ1n) is 10.2. The van der Waals surface area contributed by atoms with Crippen LogP contribution in [-0.2, 0) is 14.3 Å².